The summed E-state index contributed by atoms with van der Waals surface area (Å²) >= 11 is 0. The van der Waals surface area contributed by atoms with E-state index in [1.807, 2.05) is 30.5 Å². The van der Waals surface area contributed by atoms with E-state index in [9.17, 15) is 0 Å². The fourth-order valence-electron chi connectivity index (χ4n) is 1.96. The van der Waals surface area contributed by atoms with Crippen molar-refractivity contribution in [1.82, 2.24) is 4.98 Å². The van der Waals surface area contributed by atoms with E-state index in [0.29, 0.717) is 0 Å². The van der Waals surface area contributed by atoms with Gasteiger partial charge >= 0.3 is 0 Å². The number of pyridine rings is 1. The van der Waals surface area contributed by atoms with Crippen molar-refractivity contribution >= 4 is 11.5 Å². The number of benzene rings is 1. The summed E-state index contributed by atoms with van der Waals surface area (Å²) in [6.45, 7) is 5.97. The maximum absolute atomic E-state index is 5.80. The summed E-state index contributed by atoms with van der Waals surface area (Å²) in [5.41, 5.74) is 9.05. The number of rotatable bonds is 4. The Labute approximate surface area is 108 Å². The lowest BCUT2D eigenvalue weighted by molar-refractivity contribution is 0.813. The maximum Gasteiger partial charge on any atom is 0.129 e. The standard InChI is InChI=1S/C15H19N3/c1-3-18(15-9-12(2)7-8-17-15)11-13-5-4-6-14(16)10-13/h4-10H,3,11,16H2,1-2H3. The van der Waals surface area contributed by atoms with Crippen LogP contribution in [0, 0.1) is 6.92 Å². The van der Waals surface area contributed by atoms with Crippen molar-refractivity contribution in [3.05, 3.63) is 53.7 Å². The second-order valence-corrected chi connectivity index (χ2v) is 4.45. The molecule has 0 fully saturated rings. The van der Waals surface area contributed by atoms with Crippen molar-refractivity contribution in [2.75, 3.05) is 17.2 Å². The second-order valence-electron chi connectivity index (χ2n) is 4.45. The number of hydrogen-bond donors (Lipinski definition) is 1. The number of nitrogens with zero attached hydrogens (tertiary/aromatic N) is 2. The maximum atomic E-state index is 5.80. The van der Waals surface area contributed by atoms with Crippen LogP contribution in [-0.4, -0.2) is 11.5 Å². The molecule has 0 spiro atoms. The minimum Gasteiger partial charge on any atom is -0.399 e. The summed E-state index contributed by atoms with van der Waals surface area (Å²) < 4.78 is 0. The molecule has 2 N–H and O–H groups in total. The van der Waals surface area contributed by atoms with Gasteiger partial charge in [0.15, 0.2) is 0 Å². The third-order valence-electron chi connectivity index (χ3n) is 2.93. The molecule has 94 valence electrons. The summed E-state index contributed by atoms with van der Waals surface area (Å²) in [4.78, 5) is 6.66. The van der Waals surface area contributed by atoms with Crippen molar-refractivity contribution < 1.29 is 0 Å². The first-order chi connectivity index (χ1) is 8.69. The van der Waals surface area contributed by atoms with Crippen LogP contribution in [0.25, 0.3) is 0 Å². The SMILES string of the molecule is CCN(Cc1cccc(N)c1)c1cc(C)ccn1. The molecule has 1 aromatic carbocycles. The number of nitrogen functional groups attached to an aromatic ring is 1. The van der Waals surface area contributed by atoms with Gasteiger partial charge in [0.2, 0.25) is 0 Å². The molecule has 0 saturated carbocycles. The van der Waals surface area contributed by atoms with Crippen LogP contribution < -0.4 is 10.6 Å². The summed E-state index contributed by atoms with van der Waals surface area (Å²) in [7, 11) is 0. The monoisotopic (exact) mass is 241 g/mol. The molecule has 1 aromatic heterocycles. The highest BCUT2D eigenvalue weighted by molar-refractivity contribution is 5.45. The molecule has 3 nitrogen and oxygen atoms in total. The van der Waals surface area contributed by atoms with Gasteiger partial charge in [-0.05, 0) is 49.2 Å². The van der Waals surface area contributed by atoms with Crippen molar-refractivity contribution in [1.29, 1.82) is 0 Å². The number of hydrogen-bond acceptors (Lipinski definition) is 3. The molecule has 2 aromatic rings. The Balaban J connectivity index is 2.19. The van der Waals surface area contributed by atoms with Gasteiger partial charge in [-0.25, -0.2) is 4.98 Å². The van der Waals surface area contributed by atoms with Crippen LogP contribution in [-0.2, 0) is 6.54 Å². The number of nitrogens with two attached hydrogens (primary N) is 1. The van der Waals surface area contributed by atoms with Gasteiger partial charge in [-0.2, -0.15) is 0 Å². The average Bonchev–Trinajstić information content (AvgIpc) is 2.36. The molecule has 0 aliphatic carbocycles. The van der Waals surface area contributed by atoms with Gasteiger partial charge in [-0.15, -0.1) is 0 Å². The van der Waals surface area contributed by atoms with E-state index in [1.165, 1.54) is 11.1 Å². The third-order valence-corrected chi connectivity index (χ3v) is 2.93. The van der Waals surface area contributed by atoms with Crippen molar-refractivity contribution in [3.63, 3.8) is 0 Å². The molecule has 0 amide bonds. The van der Waals surface area contributed by atoms with Crippen LogP contribution >= 0.6 is 0 Å². The molecule has 0 atom stereocenters. The smallest absolute Gasteiger partial charge is 0.129 e. The number of anilines is 2. The molecule has 0 aliphatic heterocycles. The molecule has 18 heavy (non-hydrogen) atoms. The number of aromatic nitrogens is 1. The number of aryl methyl sites for hydroxylation is 1. The Hall–Kier alpha value is -2.03. The quantitative estimate of drug-likeness (QED) is 0.837. The minimum atomic E-state index is 0.806. The van der Waals surface area contributed by atoms with Crippen LogP contribution in [0.3, 0.4) is 0 Å². The fourth-order valence-corrected chi connectivity index (χ4v) is 1.96. The Morgan fingerprint density at radius 3 is 2.72 bits per heavy atom. The summed E-state index contributed by atoms with van der Waals surface area (Å²) in [6.07, 6.45) is 1.85. The van der Waals surface area contributed by atoms with Gasteiger partial charge in [0.05, 0.1) is 0 Å². The van der Waals surface area contributed by atoms with E-state index < -0.39 is 0 Å². The Morgan fingerprint density at radius 2 is 2.06 bits per heavy atom. The van der Waals surface area contributed by atoms with Gasteiger partial charge < -0.3 is 10.6 Å². The van der Waals surface area contributed by atoms with Gasteiger partial charge in [-0.1, -0.05) is 12.1 Å². The lowest BCUT2D eigenvalue weighted by atomic mass is 10.2. The molecule has 3 heteroatoms. The molecule has 0 radical (unpaired) electrons. The summed E-state index contributed by atoms with van der Waals surface area (Å²) in [6, 6.07) is 12.1. The molecular formula is C15H19N3. The summed E-state index contributed by atoms with van der Waals surface area (Å²) in [5, 5.41) is 0. The van der Waals surface area contributed by atoms with Crippen molar-refractivity contribution in [2.45, 2.75) is 20.4 Å². The van der Waals surface area contributed by atoms with E-state index in [2.05, 4.69) is 35.9 Å². The first-order valence-corrected chi connectivity index (χ1v) is 6.21. The van der Waals surface area contributed by atoms with E-state index in [4.69, 9.17) is 5.73 Å². The van der Waals surface area contributed by atoms with Crippen LogP contribution in [0.5, 0.6) is 0 Å². The van der Waals surface area contributed by atoms with Crippen LogP contribution in [0.2, 0.25) is 0 Å². The van der Waals surface area contributed by atoms with Gasteiger partial charge in [0, 0.05) is 25.0 Å². The highest BCUT2D eigenvalue weighted by Gasteiger charge is 2.06. The lowest BCUT2D eigenvalue weighted by Crippen LogP contribution is -2.23. The predicted octanol–water partition coefficient (Wildman–Crippen LogP) is 3.00. The molecule has 0 saturated heterocycles. The normalized spacial score (nSPS) is 10.3. The van der Waals surface area contributed by atoms with Crippen LogP contribution in [0.4, 0.5) is 11.5 Å². The Bertz CT molecular complexity index is 523. The van der Waals surface area contributed by atoms with Crippen molar-refractivity contribution in [2.24, 2.45) is 0 Å². The van der Waals surface area contributed by atoms with Gasteiger partial charge in [-0.3, -0.25) is 0 Å². The van der Waals surface area contributed by atoms with E-state index in [0.717, 1.165) is 24.6 Å². The molecule has 0 aliphatic rings. The fraction of sp³-hybridized carbons (Fsp3) is 0.267. The molecule has 0 unspecified atom stereocenters. The largest absolute Gasteiger partial charge is 0.399 e. The molecular weight excluding hydrogens is 222 g/mol. The zero-order chi connectivity index (χ0) is 13.0. The average molecular weight is 241 g/mol. The van der Waals surface area contributed by atoms with Gasteiger partial charge in [0.25, 0.3) is 0 Å². The zero-order valence-electron chi connectivity index (χ0n) is 10.9. The van der Waals surface area contributed by atoms with E-state index in [1.54, 1.807) is 0 Å². The summed E-state index contributed by atoms with van der Waals surface area (Å²) in [5.74, 6) is 1.01. The predicted molar refractivity (Wildman–Crippen MR) is 76.6 cm³/mol. The van der Waals surface area contributed by atoms with Crippen LogP contribution in [0.1, 0.15) is 18.1 Å². The highest BCUT2D eigenvalue weighted by atomic mass is 15.2. The second kappa shape index (κ2) is 5.54. The van der Waals surface area contributed by atoms with E-state index in [-0.39, 0.29) is 0 Å². The molecule has 0 bridgehead atoms. The first kappa shape index (κ1) is 12.4. The Kier molecular flexibility index (Phi) is 3.82. The zero-order valence-corrected chi connectivity index (χ0v) is 10.9. The van der Waals surface area contributed by atoms with Crippen LogP contribution in [0.15, 0.2) is 42.6 Å². The molecule has 1 heterocycles. The third kappa shape index (κ3) is 3.00. The highest BCUT2D eigenvalue weighted by Crippen LogP contribution is 2.16. The van der Waals surface area contributed by atoms with E-state index >= 15 is 0 Å². The molecule has 2 rings (SSSR count). The first-order valence-electron chi connectivity index (χ1n) is 6.21. The van der Waals surface area contributed by atoms with Crippen molar-refractivity contribution in [3.8, 4) is 0 Å². The lowest BCUT2D eigenvalue weighted by Gasteiger charge is -2.22. The van der Waals surface area contributed by atoms with Gasteiger partial charge in [0.1, 0.15) is 5.82 Å². The minimum absolute atomic E-state index is 0.806. The topological polar surface area (TPSA) is 42.1 Å². The Morgan fingerprint density at radius 1 is 1.22 bits per heavy atom.